The van der Waals surface area contributed by atoms with Crippen molar-refractivity contribution in [1.29, 1.82) is 0 Å². The maximum Gasteiger partial charge on any atom is 0.264 e. The standard InChI is InChI=1S/C24H26N2O5S/c1-17(22-16-20(30-3)13-14-23(22)31-4)25-24(27)18-9-8-10-19(15-18)26(2)32(28,29)21-11-6-5-7-12-21/h5-17H,1-4H3,(H,25,27)/t17-/m1/s1. The number of hydrogen-bond donors (Lipinski definition) is 1. The molecule has 0 aromatic heterocycles. The van der Waals surface area contributed by atoms with E-state index in [0.717, 1.165) is 9.87 Å². The van der Waals surface area contributed by atoms with Gasteiger partial charge in [0, 0.05) is 18.2 Å². The fourth-order valence-electron chi connectivity index (χ4n) is 3.27. The van der Waals surface area contributed by atoms with Crippen LogP contribution in [0.2, 0.25) is 0 Å². The summed E-state index contributed by atoms with van der Waals surface area (Å²) in [6.07, 6.45) is 0. The smallest absolute Gasteiger partial charge is 0.264 e. The second kappa shape index (κ2) is 9.74. The Morgan fingerprint density at radius 2 is 1.66 bits per heavy atom. The molecule has 0 aliphatic rings. The highest BCUT2D eigenvalue weighted by atomic mass is 32.2. The van der Waals surface area contributed by atoms with E-state index >= 15 is 0 Å². The van der Waals surface area contributed by atoms with E-state index < -0.39 is 10.0 Å². The molecule has 168 valence electrons. The van der Waals surface area contributed by atoms with Crippen molar-refractivity contribution < 1.29 is 22.7 Å². The van der Waals surface area contributed by atoms with Crippen LogP contribution in [0.25, 0.3) is 0 Å². The molecule has 0 fully saturated rings. The molecule has 3 rings (SSSR count). The zero-order valence-corrected chi connectivity index (χ0v) is 19.2. The zero-order chi connectivity index (χ0) is 23.3. The summed E-state index contributed by atoms with van der Waals surface area (Å²) in [6, 6.07) is 19.6. The van der Waals surface area contributed by atoms with Crippen LogP contribution in [-0.4, -0.2) is 35.6 Å². The number of benzene rings is 3. The van der Waals surface area contributed by atoms with Crippen molar-refractivity contribution >= 4 is 21.6 Å². The van der Waals surface area contributed by atoms with Gasteiger partial charge in [-0.3, -0.25) is 9.10 Å². The van der Waals surface area contributed by atoms with Gasteiger partial charge in [0.15, 0.2) is 0 Å². The Morgan fingerprint density at radius 1 is 0.938 bits per heavy atom. The van der Waals surface area contributed by atoms with Crippen LogP contribution in [0.1, 0.15) is 28.9 Å². The highest BCUT2D eigenvalue weighted by Crippen LogP contribution is 2.30. The normalized spacial score (nSPS) is 12.0. The van der Waals surface area contributed by atoms with Crippen LogP contribution in [-0.2, 0) is 10.0 Å². The largest absolute Gasteiger partial charge is 0.497 e. The first kappa shape index (κ1) is 23.1. The van der Waals surface area contributed by atoms with Crippen LogP contribution in [0, 0.1) is 0 Å². The molecule has 8 heteroatoms. The highest BCUT2D eigenvalue weighted by molar-refractivity contribution is 7.92. The monoisotopic (exact) mass is 454 g/mol. The highest BCUT2D eigenvalue weighted by Gasteiger charge is 2.22. The van der Waals surface area contributed by atoms with Gasteiger partial charge in [-0.15, -0.1) is 0 Å². The fourth-order valence-corrected chi connectivity index (χ4v) is 4.48. The SMILES string of the molecule is COc1ccc(OC)c([C@@H](C)NC(=O)c2cccc(N(C)S(=O)(=O)c3ccccc3)c2)c1. The summed E-state index contributed by atoms with van der Waals surface area (Å²) in [6.45, 7) is 1.84. The van der Waals surface area contributed by atoms with Gasteiger partial charge in [-0.05, 0) is 55.5 Å². The first-order valence-corrected chi connectivity index (χ1v) is 11.4. The summed E-state index contributed by atoms with van der Waals surface area (Å²) in [4.78, 5) is 13.1. The molecule has 0 saturated carbocycles. The van der Waals surface area contributed by atoms with Crippen LogP contribution >= 0.6 is 0 Å². The number of sulfonamides is 1. The number of amides is 1. The molecule has 0 radical (unpaired) electrons. The topological polar surface area (TPSA) is 84.9 Å². The van der Waals surface area contributed by atoms with Gasteiger partial charge in [-0.2, -0.15) is 0 Å². The number of nitrogens with zero attached hydrogens (tertiary/aromatic N) is 1. The van der Waals surface area contributed by atoms with Gasteiger partial charge < -0.3 is 14.8 Å². The average Bonchev–Trinajstić information content (AvgIpc) is 2.83. The second-order valence-corrected chi connectivity index (χ2v) is 9.11. The number of carbonyl (C=O) groups is 1. The molecule has 7 nitrogen and oxygen atoms in total. The Hall–Kier alpha value is -3.52. The minimum absolute atomic E-state index is 0.177. The summed E-state index contributed by atoms with van der Waals surface area (Å²) in [5, 5.41) is 2.93. The Morgan fingerprint density at radius 3 is 2.31 bits per heavy atom. The van der Waals surface area contributed by atoms with Crippen molar-refractivity contribution in [2.75, 3.05) is 25.6 Å². The molecule has 0 aliphatic carbocycles. The summed E-state index contributed by atoms with van der Waals surface area (Å²) >= 11 is 0. The number of carbonyl (C=O) groups excluding carboxylic acids is 1. The predicted molar refractivity (Wildman–Crippen MR) is 124 cm³/mol. The molecule has 0 saturated heterocycles. The van der Waals surface area contributed by atoms with Crippen molar-refractivity contribution in [3.8, 4) is 11.5 Å². The maximum atomic E-state index is 12.9. The average molecular weight is 455 g/mol. The minimum Gasteiger partial charge on any atom is -0.497 e. The lowest BCUT2D eigenvalue weighted by Crippen LogP contribution is -2.29. The lowest BCUT2D eigenvalue weighted by Gasteiger charge is -2.21. The molecule has 1 N–H and O–H groups in total. The summed E-state index contributed by atoms with van der Waals surface area (Å²) in [5.74, 6) is 0.937. The van der Waals surface area contributed by atoms with Crippen molar-refractivity contribution in [3.63, 3.8) is 0 Å². The van der Waals surface area contributed by atoms with Gasteiger partial charge in [-0.1, -0.05) is 24.3 Å². The van der Waals surface area contributed by atoms with Crippen LogP contribution < -0.4 is 19.1 Å². The van der Waals surface area contributed by atoms with Crippen LogP contribution in [0.5, 0.6) is 11.5 Å². The van der Waals surface area contributed by atoms with E-state index in [1.54, 1.807) is 74.9 Å². The van der Waals surface area contributed by atoms with Crippen LogP contribution in [0.15, 0.2) is 77.7 Å². The Labute approximate surface area is 188 Å². The minimum atomic E-state index is -3.75. The molecule has 0 aliphatic heterocycles. The molecular weight excluding hydrogens is 428 g/mol. The molecule has 0 bridgehead atoms. The molecular formula is C24H26N2O5S. The molecule has 0 spiro atoms. The van der Waals surface area contributed by atoms with E-state index in [0.29, 0.717) is 22.7 Å². The molecule has 1 atom stereocenters. The van der Waals surface area contributed by atoms with Gasteiger partial charge in [0.1, 0.15) is 11.5 Å². The lowest BCUT2D eigenvalue weighted by molar-refractivity contribution is 0.0939. The molecule has 3 aromatic carbocycles. The Bertz CT molecular complexity index is 1200. The van der Waals surface area contributed by atoms with Crippen LogP contribution in [0.4, 0.5) is 5.69 Å². The van der Waals surface area contributed by atoms with Gasteiger partial charge in [-0.25, -0.2) is 8.42 Å². The van der Waals surface area contributed by atoms with E-state index in [9.17, 15) is 13.2 Å². The fraction of sp³-hybridized carbons (Fsp3) is 0.208. The quantitative estimate of drug-likeness (QED) is 0.556. The van der Waals surface area contributed by atoms with Crippen LogP contribution in [0.3, 0.4) is 0 Å². The van der Waals surface area contributed by atoms with Crippen molar-refractivity contribution in [1.82, 2.24) is 5.32 Å². The van der Waals surface area contributed by atoms with E-state index in [2.05, 4.69) is 5.32 Å². The predicted octanol–water partition coefficient (Wildman–Crippen LogP) is 4.02. The van der Waals surface area contributed by atoms with Gasteiger partial charge >= 0.3 is 0 Å². The Balaban J connectivity index is 1.83. The lowest BCUT2D eigenvalue weighted by atomic mass is 10.1. The number of ether oxygens (including phenoxy) is 2. The number of rotatable bonds is 8. The first-order chi connectivity index (χ1) is 15.3. The molecule has 0 unspecified atom stereocenters. The van der Waals surface area contributed by atoms with Crippen molar-refractivity contribution in [2.24, 2.45) is 0 Å². The van der Waals surface area contributed by atoms with E-state index in [-0.39, 0.29) is 16.8 Å². The number of nitrogens with one attached hydrogen (secondary N) is 1. The number of hydrogen-bond acceptors (Lipinski definition) is 5. The van der Waals surface area contributed by atoms with Gasteiger partial charge in [0.25, 0.3) is 15.9 Å². The van der Waals surface area contributed by atoms with E-state index in [1.165, 1.54) is 19.2 Å². The molecule has 32 heavy (non-hydrogen) atoms. The second-order valence-electron chi connectivity index (χ2n) is 7.14. The van der Waals surface area contributed by atoms with E-state index in [4.69, 9.17) is 9.47 Å². The number of anilines is 1. The zero-order valence-electron chi connectivity index (χ0n) is 18.4. The number of methoxy groups -OCH3 is 2. The summed E-state index contributed by atoms with van der Waals surface area (Å²) in [5.41, 5.74) is 1.49. The summed E-state index contributed by atoms with van der Waals surface area (Å²) in [7, 11) is 0.847. The molecule has 3 aromatic rings. The molecule has 0 heterocycles. The maximum absolute atomic E-state index is 12.9. The summed E-state index contributed by atoms with van der Waals surface area (Å²) < 4.78 is 37.7. The van der Waals surface area contributed by atoms with Gasteiger partial charge in [0.2, 0.25) is 0 Å². The Kier molecular flexibility index (Phi) is 7.05. The van der Waals surface area contributed by atoms with Crippen molar-refractivity contribution in [3.05, 3.63) is 83.9 Å². The third kappa shape index (κ3) is 4.86. The molecule has 1 amide bonds. The van der Waals surface area contributed by atoms with E-state index in [1.807, 2.05) is 6.92 Å². The third-order valence-corrected chi connectivity index (χ3v) is 6.92. The first-order valence-electron chi connectivity index (χ1n) is 9.94. The van der Waals surface area contributed by atoms with Crippen molar-refractivity contribution in [2.45, 2.75) is 17.9 Å². The third-order valence-electron chi connectivity index (χ3n) is 5.12. The van der Waals surface area contributed by atoms with Gasteiger partial charge in [0.05, 0.1) is 30.8 Å².